The number of aromatic amines is 1. The van der Waals surface area contributed by atoms with Crippen molar-refractivity contribution in [3.05, 3.63) is 36.0 Å². The molecule has 2 aromatic rings. The standard InChI is InChI=1S/C15H18N2O/c1-2-15(7-8-15)10-17-14(18)12-4-3-5-13-11(12)6-9-16-13/h3-6,9,16H,2,7-8,10H2,1H3,(H,17,18). The SMILES string of the molecule is CCC1(CNC(=O)c2cccc3[nH]ccc23)CC1. The summed E-state index contributed by atoms with van der Waals surface area (Å²) in [6.45, 7) is 3.01. The molecule has 3 nitrogen and oxygen atoms in total. The van der Waals surface area contributed by atoms with Crippen LogP contribution in [0, 0.1) is 5.41 Å². The summed E-state index contributed by atoms with van der Waals surface area (Å²) in [4.78, 5) is 15.4. The van der Waals surface area contributed by atoms with Gasteiger partial charge in [0, 0.05) is 29.2 Å². The number of hydrogen-bond donors (Lipinski definition) is 2. The van der Waals surface area contributed by atoms with Gasteiger partial charge in [-0.25, -0.2) is 0 Å². The lowest BCUT2D eigenvalue weighted by Gasteiger charge is -2.13. The minimum absolute atomic E-state index is 0.0416. The Morgan fingerprint density at radius 3 is 2.94 bits per heavy atom. The first-order valence-corrected chi connectivity index (χ1v) is 6.58. The van der Waals surface area contributed by atoms with Gasteiger partial charge in [0.05, 0.1) is 0 Å². The van der Waals surface area contributed by atoms with Crippen LogP contribution in [-0.2, 0) is 0 Å². The van der Waals surface area contributed by atoms with E-state index in [4.69, 9.17) is 0 Å². The van der Waals surface area contributed by atoms with Crippen LogP contribution in [0.2, 0.25) is 0 Å². The van der Waals surface area contributed by atoms with E-state index in [2.05, 4.69) is 17.2 Å². The Hall–Kier alpha value is -1.77. The Morgan fingerprint density at radius 2 is 2.22 bits per heavy atom. The number of rotatable bonds is 4. The molecule has 2 N–H and O–H groups in total. The van der Waals surface area contributed by atoms with Crippen molar-refractivity contribution in [1.82, 2.24) is 10.3 Å². The van der Waals surface area contributed by atoms with Crippen LogP contribution in [0.25, 0.3) is 10.9 Å². The lowest BCUT2D eigenvalue weighted by atomic mass is 10.0. The molecule has 3 rings (SSSR count). The van der Waals surface area contributed by atoms with Crippen molar-refractivity contribution >= 4 is 16.8 Å². The number of fused-ring (bicyclic) bond motifs is 1. The highest BCUT2D eigenvalue weighted by molar-refractivity contribution is 6.06. The summed E-state index contributed by atoms with van der Waals surface area (Å²) in [6.07, 6.45) is 5.52. The summed E-state index contributed by atoms with van der Waals surface area (Å²) < 4.78 is 0. The molecule has 0 bridgehead atoms. The van der Waals surface area contributed by atoms with E-state index >= 15 is 0 Å². The van der Waals surface area contributed by atoms with Crippen LogP contribution >= 0.6 is 0 Å². The maximum Gasteiger partial charge on any atom is 0.251 e. The number of carbonyl (C=O) groups excluding carboxylic acids is 1. The second-order valence-corrected chi connectivity index (χ2v) is 5.28. The summed E-state index contributed by atoms with van der Waals surface area (Å²) in [5.41, 5.74) is 2.17. The Morgan fingerprint density at radius 1 is 1.39 bits per heavy atom. The van der Waals surface area contributed by atoms with Crippen molar-refractivity contribution in [3.8, 4) is 0 Å². The molecule has 1 aromatic heterocycles. The fourth-order valence-corrected chi connectivity index (χ4v) is 2.48. The molecule has 1 saturated carbocycles. The molecule has 0 unspecified atom stereocenters. The number of carbonyl (C=O) groups is 1. The van der Waals surface area contributed by atoms with Gasteiger partial charge in [0.1, 0.15) is 0 Å². The molecular weight excluding hydrogens is 224 g/mol. The van der Waals surface area contributed by atoms with Gasteiger partial charge in [-0.2, -0.15) is 0 Å². The van der Waals surface area contributed by atoms with Gasteiger partial charge in [-0.1, -0.05) is 13.0 Å². The molecule has 0 saturated heterocycles. The van der Waals surface area contributed by atoms with Crippen LogP contribution < -0.4 is 5.32 Å². The molecule has 0 atom stereocenters. The number of H-pyrrole nitrogens is 1. The van der Waals surface area contributed by atoms with E-state index in [0.717, 1.165) is 29.4 Å². The summed E-state index contributed by atoms with van der Waals surface area (Å²) in [5.74, 6) is 0.0416. The lowest BCUT2D eigenvalue weighted by Crippen LogP contribution is -2.30. The largest absolute Gasteiger partial charge is 0.361 e. The van der Waals surface area contributed by atoms with Crippen molar-refractivity contribution in [3.63, 3.8) is 0 Å². The van der Waals surface area contributed by atoms with E-state index in [1.165, 1.54) is 12.8 Å². The Bertz CT molecular complexity index is 581. The molecule has 3 heteroatoms. The summed E-state index contributed by atoms with van der Waals surface area (Å²) >= 11 is 0. The minimum atomic E-state index is 0.0416. The third kappa shape index (κ3) is 1.90. The molecule has 0 spiro atoms. The van der Waals surface area contributed by atoms with Gasteiger partial charge in [0.15, 0.2) is 0 Å². The van der Waals surface area contributed by atoms with E-state index in [1.54, 1.807) is 0 Å². The fraction of sp³-hybridized carbons (Fsp3) is 0.400. The minimum Gasteiger partial charge on any atom is -0.361 e. The van der Waals surface area contributed by atoms with Gasteiger partial charge < -0.3 is 10.3 Å². The topological polar surface area (TPSA) is 44.9 Å². The molecule has 18 heavy (non-hydrogen) atoms. The average Bonchev–Trinajstić information content (AvgIpc) is 3.03. The van der Waals surface area contributed by atoms with Crippen LogP contribution in [0.15, 0.2) is 30.5 Å². The monoisotopic (exact) mass is 242 g/mol. The first-order chi connectivity index (χ1) is 8.74. The third-order valence-electron chi connectivity index (χ3n) is 4.17. The molecule has 94 valence electrons. The predicted octanol–water partition coefficient (Wildman–Crippen LogP) is 3.09. The normalized spacial score (nSPS) is 16.7. The number of hydrogen-bond acceptors (Lipinski definition) is 1. The Labute approximate surface area is 107 Å². The molecule has 1 fully saturated rings. The van der Waals surface area contributed by atoms with E-state index in [-0.39, 0.29) is 5.91 Å². The highest BCUT2D eigenvalue weighted by Crippen LogP contribution is 2.47. The van der Waals surface area contributed by atoms with Crippen LogP contribution in [0.5, 0.6) is 0 Å². The number of benzene rings is 1. The van der Waals surface area contributed by atoms with Crippen LogP contribution in [0.3, 0.4) is 0 Å². The van der Waals surface area contributed by atoms with Gasteiger partial charge in [0.25, 0.3) is 5.91 Å². The van der Waals surface area contributed by atoms with Crippen LogP contribution in [-0.4, -0.2) is 17.4 Å². The van der Waals surface area contributed by atoms with Crippen molar-refractivity contribution in [2.75, 3.05) is 6.54 Å². The summed E-state index contributed by atoms with van der Waals surface area (Å²) in [6, 6.07) is 7.75. The number of aromatic nitrogens is 1. The predicted molar refractivity (Wildman–Crippen MR) is 72.6 cm³/mol. The van der Waals surface area contributed by atoms with Gasteiger partial charge >= 0.3 is 0 Å². The van der Waals surface area contributed by atoms with E-state index in [9.17, 15) is 4.79 Å². The summed E-state index contributed by atoms with van der Waals surface area (Å²) in [5, 5.41) is 4.08. The zero-order valence-electron chi connectivity index (χ0n) is 10.6. The zero-order valence-corrected chi connectivity index (χ0v) is 10.6. The molecule has 1 amide bonds. The molecular formula is C15H18N2O. The van der Waals surface area contributed by atoms with Gasteiger partial charge in [-0.15, -0.1) is 0 Å². The average molecular weight is 242 g/mol. The third-order valence-corrected chi connectivity index (χ3v) is 4.17. The highest BCUT2D eigenvalue weighted by atomic mass is 16.1. The second-order valence-electron chi connectivity index (χ2n) is 5.28. The van der Waals surface area contributed by atoms with Crippen molar-refractivity contribution < 1.29 is 4.79 Å². The van der Waals surface area contributed by atoms with Gasteiger partial charge in [-0.05, 0) is 42.9 Å². The van der Waals surface area contributed by atoms with Crippen molar-refractivity contribution in [2.24, 2.45) is 5.41 Å². The Kier molecular flexibility index (Phi) is 2.62. The van der Waals surface area contributed by atoms with Crippen LogP contribution in [0.1, 0.15) is 36.5 Å². The molecule has 0 radical (unpaired) electrons. The smallest absolute Gasteiger partial charge is 0.251 e. The number of amides is 1. The molecule has 0 aliphatic heterocycles. The summed E-state index contributed by atoms with van der Waals surface area (Å²) in [7, 11) is 0. The molecule has 1 aliphatic rings. The molecule has 1 heterocycles. The Balaban J connectivity index is 1.78. The van der Waals surface area contributed by atoms with Crippen LogP contribution in [0.4, 0.5) is 0 Å². The van der Waals surface area contributed by atoms with Crippen molar-refractivity contribution in [2.45, 2.75) is 26.2 Å². The van der Waals surface area contributed by atoms with E-state index < -0.39 is 0 Å². The van der Waals surface area contributed by atoms with E-state index in [1.807, 2.05) is 30.5 Å². The van der Waals surface area contributed by atoms with Gasteiger partial charge in [-0.3, -0.25) is 4.79 Å². The maximum absolute atomic E-state index is 12.2. The highest BCUT2D eigenvalue weighted by Gasteiger charge is 2.40. The van der Waals surface area contributed by atoms with Gasteiger partial charge in [0.2, 0.25) is 0 Å². The maximum atomic E-state index is 12.2. The van der Waals surface area contributed by atoms with E-state index in [0.29, 0.717) is 5.41 Å². The first kappa shape index (κ1) is 11.3. The second kappa shape index (κ2) is 4.16. The quantitative estimate of drug-likeness (QED) is 0.850. The number of nitrogens with one attached hydrogen (secondary N) is 2. The fourth-order valence-electron chi connectivity index (χ4n) is 2.48. The molecule has 1 aliphatic carbocycles. The van der Waals surface area contributed by atoms with Crippen molar-refractivity contribution in [1.29, 1.82) is 0 Å². The lowest BCUT2D eigenvalue weighted by molar-refractivity contribution is 0.0946. The first-order valence-electron chi connectivity index (χ1n) is 6.58. The molecule has 1 aromatic carbocycles. The zero-order chi connectivity index (χ0) is 12.6.